The lowest BCUT2D eigenvalue weighted by Gasteiger charge is -1.92. The molecule has 0 unspecified atom stereocenters. The van der Waals surface area contributed by atoms with E-state index in [-0.39, 0.29) is 0 Å². The van der Waals surface area contributed by atoms with E-state index in [4.69, 9.17) is 0 Å². The predicted molar refractivity (Wildman–Crippen MR) is 319 cm³/mol. The summed E-state index contributed by atoms with van der Waals surface area (Å²) >= 11 is 0. The second-order valence-corrected chi connectivity index (χ2v) is 8.74. The molecule has 6 rings (SSSR count). The maximum absolute atomic E-state index is 4.60. The van der Waals surface area contributed by atoms with Gasteiger partial charge in [-0.15, -0.1) is 74.1 Å². The lowest BCUT2D eigenvalue weighted by atomic mass is 10.1. The zero-order valence-corrected chi connectivity index (χ0v) is 46.6. The molecule has 0 spiro atoms. The Kier molecular flexibility index (Phi) is 169. The molecule has 0 amide bonds. The Morgan fingerprint density at radius 3 is 0.303 bits per heavy atom. The van der Waals surface area contributed by atoms with Crippen molar-refractivity contribution in [3.8, 4) is 74.1 Å². The van der Waals surface area contributed by atoms with Crippen LogP contribution in [-0.2, 0) is 0 Å². The normalized spacial score (nSPS) is 5.94. The van der Waals surface area contributed by atoms with Crippen molar-refractivity contribution < 1.29 is 0 Å². The Morgan fingerprint density at radius 2 is 0.242 bits per heavy atom. The summed E-state index contributed by atoms with van der Waals surface area (Å²) in [6, 6.07) is 57.4. The molecule has 0 nitrogen and oxygen atoms in total. The second-order valence-electron chi connectivity index (χ2n) is 8.74. The Hall–Kier alpha value is -6.80. The molecule has 0 radical (unpaired) electrons. The van der Waals surface area contributed by atoms with Crippen molar-refractivity contribution in [3.05, 3.63) is 170 Å². The first-order valence-electron chi connectivity index (χ1n) is 23.5. The summed E-state index contributed by atoms with van der Waals surface area (Å²) in [5, 5.41) is 5.24. The van der Waals surface area contributed by atoms with Gasteiger partial charge in [-0.1, -0.05) is 281 Å². The largest absolute Gasteiger partial charge is 0.120 e. The first-order valence-corrected chi connectivity index (χ1v) is 23.5. The van der Waals surface area contributed by atoms with Crippen LogP contribution >= 0.6 is 0 Å². The second kappa shape index (κ2) is 124. The SMILES string of the molecule is C#CC.C#CC.C#CC.C#CC.C#CC.C#CC.CC.CC.CC.CC.CC.CC.CC.CC.c1ccc2ccccc2c1.c1ccc2ccccc2c1.c1ccccc1.c1ccccc1. The van der Waals surface area contributed by atoms with Crippen LogP contribution in [0.5, 0.6) is 0 Å². The Balaban J connectivity index is -0.0000000490. The first kappa shape index (κ1) is 90.0. The van der Waals surface area contributed by atoms with Crippen molar-refractivity contribution in [2.75, 3.05) is 0 Å². The molecule has 0 atom stereocenters. The van der Waals surface area contributed by atoms with E-state index >= 15 is 0 Å². The Labute approximate surface area is 415 Å². The maximum Gasteiger partial charge on any atom is -0.00297 e. The molecule has 0 aliphatic heterocycles. The molecule has 0 aliphatic carbocycles. The minimum atomic E-state index is 1.31. The first-order chi connectivity index (χ1) is 32.4. The molecule has 6 aromatic carbocycles. The van der Waals surface area contributed by atoms with Gasteiger partial charge < -0.3 is 0 Å². The highest BCUT2D eigenvalue weighted by Crippen LogP contribution is 2.12. The molecule has 0 aliphatic rings. The average Bonchev–Trinajstić information content (AvgIpc) is 3.42. The van der Waals surface area contributed by atoms with Gasteiger partial charge in [0.25, 0.3) is 0 Å². The zero-order valence-electron chi connectivity index (χ0n) is 46.6. The van der Waals surface area contributed by atoms with Gasteiger partial charge in [0.1, 0.15) is 0 Å². The molecule has 0 fully saturated rings. The van der Waals surface area contributed by atoms with Crippen molar-refractivity contribution >= 4 is 21.5 Å². The van der Waals surface area contributed by atoms with Gasteiger partial charge in [-0.05, 0) is 63.1 Å². The van der Waals surface area contributed by atoms with E-state index in [0.29, 0.717) is 0 Å². The molecule has 364 valence electrons. The van der Waals surface area contributed by atoms with Crippen LogP contribution in [0.25, 0.3) is 21.5 Å². The number of benzene rings is 6. The van der Waals surface area contributed by atoms with E-state index in [1.807, 2.05) is 184 Å². The molecule has 66 heavy (non-hydrogen) atoms. The minimum absolute atomic E-state index is 1.31. The van der Waals surface area contributed by atoms with Gasteiger partial charge in [0.15, 0.2) is 0 Å². The van der Waals surface area contributed by atoms with Gasteiger partial charge in [0.2, 0.25) is 0 Å². The van der Waals surface area contributed by atoms with Crippen LogP contribution in [0.15, 0.2) is 170 Å². The van der Waals surface area contributed by atoms with Gasteiger partial charge in [0.05, 0.1) is 0 Å². The highest BCUT2D eigenvalue weighted by molar-refractivity contribution is 5.82. The fourth-order valence-corrected chi connectivity index (χ4v) is 3.04. The molecule has 0 saturated heterocycles. The molecule has 0 bridgehead atoms. The van der Waals surface area contributed by atoms with E-state index in [0.717, 1.165) is 0 Å². The van der Waals surface area contributed by atoms with Crippen molar-refractivity contribution in [1.29, 1.82) is 0 Å². The average molecular weight is 894 g/mol. The quantitative estimate of drug-likeness (QED) is 0.133. The van der Waals surface area contributed by atoms with Crippen molar-refractivity contribution in [3.63, 3.8) is 0 Å². The number of hydrogen-bond donors (Lipinski definition) is 0. The lowest BCUT2D eigenvalue weighted by molar-refractivity contribution is 1.50. The summed E-state index contributed by atoms with van der Waals surface area (Å²) in [6.07, 6.45) is 27.6. The van der Waals surface area contributed by atoms with E-state index in [2.05, 4.69) is 171 Å². The fraction of sp³-hybridized carbons (Fsp3) is 0.333. The Morgan fingerprint density at radius 1 is 0.182 bits per heavy atom. The van der Waals surface area contributed by atoms with Crippen molar-refractivity contribution in [2.24, 2.45) is 0 Å². The Bertz CT molecular complexity index is 1420. The molecule has 0 heteroatoms. The summed E-state index contributed by atoms with van der Waals surface area (Å²) in [6.45, 7) is 41.9. The minimum Gasteiger partial charge on any atom is -0.120 e. The number of hydrogen-bond acceptors (Lipinski definition) is 0. The van der Waals surface area contributed by atoms with Crippen LogP contribution in [0.4, 0.5) is 0 Å². The molecule has 0 saturated carbocycles. The fourth-order valence-electron chi connectivity index (χ4n) is 3.04. The van der Waals surface area contributed by atoms with Gasteiger partial charge in [0, 0.05) is 0 Å². The van der Waals surface area contributed by atoms with E-state index in [9.17, 15) is 0 Å². The number of terminal acetylenes is 6. The molecule has 0 aromatic heterocycles. The van der Waals surface area contributed by atoms with Crippen LogP contribution in [-0.4, -0.2) is 0 Å². The third-order valence-electron chi connectivity index (χ3n) is 4.65. The number of rotatable bonds is 0. The molecular weight excluding hydrogens is 793 g/mol. The van der Waals surface area contributed by atoms with Gasteiger partial charge in [-0.25, -0.2) is 0 Å². The molecular formula is C66H100. The highest BCUT2D eigenvalue weighted by atomic mass is 13.9. The summed E-state index contributed by atoms with van der Waals surface area (Å²) in [4.78, 5) is 0. The van der Waals surface area contributed by atoms with Crippen LogP contribution in [0.3, 0.4) is 0 Å². The zero-order chi connectivity index (χ0) is 54.4. The molecule has 6 aromatic rings. The third-order valence-corrected chi connectivity index (χ3v) is 4.65. The highest BCUT2D eigenvalue weighted by Gasteiger charge is 1.86. The van der Waals surface area contributed by atoms with Crippen molar-refractivity contribution in [2.45, 2.75) is 152 Å². The van der Waals surface area contributed by atoms with Crippen LogP contribution in [0.2, 0.25) is 0 Å². The monoisotopic (exact) mass is 893 g/mol. The number of fused-ring (bicyclic) bond motifs is 2. The van der Waals surface area contributed by atoms with Crippen molar-refractivity contribution in [1.82, 2.24) is 0 Å². The van der Waals surface area contributed by atoms with Gasteiger partial charge >= 0.3 is 0 Å². The maximum atomic E-state index is 4.60. The third kappa shape index (κ3) is 106. The van der Waals surface area contributed by atoms with Gasteiger partial charge in [-0.3, -0.25) is 0 Å². The summed E-state index contributed by atoms with van der Waals surface area (Å²) in [5.74, 6) is 13.5. The van der Waals surface area contributed by atoms with Gasteiger partial charge in [-0.2, -0.15) is 0 Å². The topological polar surface area (TPSA) is 0 Å². The van der Waals surface area contributed by atoms with Crippen LogP contribution in [0, 0.1) is 74.1 Å². The van der Waals surface area contributed by atoms with E-state index in [1.54, 1.807) is 41.5 Å². The summed E-state index contributed by atoms with van der Waals surface area (Å²) in [5.41, 5.74) is 0. The molecule has 0 N–H and O–H groups in total. The predicted octanol–water partition coefficient (Wildman–Crippen LogP) is 21.1. The summed E-state index contributed by atoms with van der Waals surface area (Å²) < 4.78 is 0. The summed E-state index contributed by atoms with van der Waals surface area (Å²) in [7, 11) is 0. The standard InChI is InChI=1S/2C10H8.2C6H6.6C3H4.8C2H6/c2*1-2-6-10-8-4-3-7-9(10)5-1;2*1-2-4-6-5-3-1;6*1-3-2;8*1-2/h2*1-8H;2*1-6H;6*1H,2H3;8*1-2H3. The molecule has 0 heterocycles. The van der Waals surface area contributed by atoms with Crippen LogP contribution < -0.4 is 0 Å². The van der Waals surface area contributed by atoms with Crippen LogP contribution in [0.1, 0.15) is 152 Å². The smallest absolute Gasteiger partial charge is 0.00297 e. The van der Waals surface area contributed by atoms with E-state index < -0.39 is 0 Å². The van der Waals surface area contributed by atoms with E-state index in [1.165, 1.54) is 21.5 Å². The lowest BCUT2D eigenvalue weighted by Crippen LogP contribution is -1.67.